The second kappa shape index (κ2) is 7.56. The predicted molar refractivity (Wildman–Crippen MR) is 82.5 cm³/mol. The number of nitrogens with zero attached hydrogens (tertiary/aromatic N) is 1. The Labute approximate surface area is 125 Å². The van der Waals surface area contributed by atoms with E-state index in [1.165, 1.54) is 6.07 Å². The molecule has 2 aromatic rings. The smallest absolute Gasteiger partial charge is 0.123 e. The van der Waals surface area contributed by atoms with Crippen LogP contribution in [-0.2, 0) is 6.42 Å². The molecular formula is C18H19FN2. The van der Waals surface area contributed by atoms with E-state index in [1.54, 1.807) is 6.07 Å². The normalized spacial score (nSPS) is 11.9. The van der Waals surface area contributed by atoms with Crippen molar-refractivity contribution in [1.82, 2.24) is 5.32 Å². The van der Waals surface area contributed by atoms with Crippen LogP contribution in [0.15, 0.2) is 48.5 Å². The van der Waals surface area contributed by atoms with E-state index in [2.05, 4.69) is 11.4 Å². The molecule has 0 aliphatic rings. The summed E-state index contributed by atoms with van der Waals surface area (Å²) in [7, 11) is 0. The molecule has 0 aromatic heterocycles. The minimum Gasteiger partial charge on any atom is -0.315 e. The van der Waals surface area contributed by atoms with E-state index in [-0.39, 0.29) is 11.7 Å². The van der Waals surface area contributed by atoms with Crippen molar-refractivity contribution in [2.45, 2.75) is 19.3 Å². The highest BCUT2D eigenvalue weighted by molar-refractivity contribution is 5.27. The van der Waals surface area contributed by atoms with Gasteiger partial charge in [-0.15, -0.1) is 0 Å². The summed E-state index contributed by atoms with van der Waals surface area (Å²) in [5, 5.41) is 12.5. The Kier molecular flexibility index (Phi) is 5.48. The maximum atomic E-state index is 13.0. The minimum atomic E-state index is -0.196. The molecule has 108 valence electrons. The molecule has 2 nitrogen and oxygen atoms in total. The molecule has 2 rings (SSSR count). The van der Waals surface area contributed by atoms with Gasteiger partial charge in [0.15, 0.2) is 0 Å². The molecule has 2 aromatic carbocycles. The summed E-state index contributed by atoms with van der Waals surface area (Å²) in [6.07, 6.45) is 0.832. The summed E-state index contributed by atoms with van der Waals surface area (Å²) < 4.78 is 13.0. The Morgan fingerprint density at radius 1 is 1.19 bits per heavy atom. The van der Waals surface area contributed by atoms with Gasteiger partial charge >= 0.3 is 0 Å². The largest absolute Gasteiger partial charge is 0.315 e. The quantitative estimate of drug-likeness (QED) is 0.822. The summed E-state index contributed by atoms with van der Waals surface area (Å²) in [6, 6.07) is 17.0. The molecule has 1 unspecified atom stereocenters. The van der Waals surface area contributed by atoms with E-state index in [9.17, 15) is 9.65 Å². The number of hydrogen-bond donors (Lipinski definition) is 1. The lowest BCUT2D eigenvalue weighted by Gasteiger charge is -2.11. The van der Waals surface area contributed by atoms with Crippen LogP contribution in [0.2, 0.25) is 0 Å². The topological polar surface area (TPSA) is 35.8 Å². The summed E-state index contributed by atoms with van der Waals surface area (Å²) in [5.74, 6) is -0.335. The van der Waals surface area contributed by atoms with Crippen molar-refractivity contribution >= 4 is 0 Å². The number of benzene rings is 2. The first kappa shape index (κ1) is 15.2. The second-order valence-corrected chi connectivity index (χ2v) is 5.12. The van der Waals surface area contributed by atoms with Crippen LogP contribution in [0, 0.1) is 24.1 Å². The van der Waals surface area contributed by atoms with Gasteiger partial charge in [0, 0.05) is 6.54 Å². The third kappa shape index (κ3) is 4.40. The first-order valence-electron chi connectivity index (χ1n) is 7.11. The average molecular weight is 282 g/mol. The van der Waals surface area contributed by atoms with Crippen molar-refractivity contribution in [3.63, 3.8) is 0 Å². The van der Waals surface area contributed by atoms with Crippen LogP contribution < -0.4 is 5.32 Å². The minimum absolute atomic E-state index is 0.138. The van der Waals surface area contributed by atoms with Crippen molar-refractivity contribution < 1.29 is 4.39 Å². The number of nitrogens with one attached hydrogen (secondary N) is 1. The molecule has 0 aliphatic carbocycles. The molecule has 3 heteroatoms. The molecule has 0 radical (unpaired) electrons. The van der Waals surface area contributed by atoms with Crippen LogP contribution in [0.1, 0.15) is 22.6 Å². The fraction of sp³-hybridized carbons (Fsp3) is 0.278. The fourth-order valence-corrected chi connectivity index (χ4v) is 2.33. The average Bonchev–Trinajstić information content (AvgIpc) is 2.50. The van der Waals surface area contributed by atoms with Gasteiger partial charge in [-0.2, -0.15) is 5.26 Å². The van der Waals surface area contributed by atoms with Crippen molar-refractivity contribution in [3.8, 4) is 6.07 Å². The number of rotatable bonds is 6. The summed E-state index contributed by atoms with van der Waals surface area (Å²) >= 11 is 0. The van der Waals surface area contributed by atoms with E-state index in [1.807, 2.05) is 43.3 Å². The van der Waals surface area contributed by atoms with Gasteiger partial charge < -0.3 is 5.32 Å². The Morgan fingerprint density at radius 3 is 2.62 bits per heavy atom. The summed E-state index contributed by atoms with van der Waals surface area (Å²) in [5.41, 5.74) is 3.14. The van der Waals surface area contributed by atoms with Crippen LogP contribution in [0.3, 0.4) is 0 Å². The van der Waals surface area contributed by atoms with Gasteiger partial charge in [-0.25, -0.2) is 4.39 Å². The summed E-state index contributed by atoms with van der Waals surface area (Å²) in [6.45, 7) is 3.32. The van der Waals surface area contributed by atoms with Crippen LogP contribution in [0.25, 0.3) is 0 Å². The SMILES string of the molecule is Cc1cc(F)ccc1CCNCC(C#N)c1ccccc1. The molecular weight excluding hydrogens is 263 g/mol. The van der Waals surface area contributed by atoms with E-state index < -0.39 is 0 Å². The lowest BCUT2D eigenvalue weighted by Crippen LogP contribution is -2.23. The molecule has 0 bridgehead atoms. The van der Waals surface area contributed by atoms with Crippen molar-refractivity contribution in [2.24, 2.45) is 0 Å². The highest BCUT2D eigenvalue weighted by atomic mass is 19.1. The number of halogens is 1. The molecule has 0 spiro atoms. The van der Waals surface area contributed by atoms with Gasteiger partial charge in [0.05, 0.1) is 12.0 Å². The zero-order valence-corrected chi connectivity index (χ0v) is 12.1. The van der Waals surface area contributed by atoms with Crippen molar-refractivity contribution in [2.75, 3.05) is 13.1 Å². The van der Waals surface area contributed by atoms with Gasteiger partial charge in [-0.1, -0.05) is 36.4 Å². The molecule has 1 atom stereocenters. The highest BCUT2D eigenvalue weighted by Crippen LogP contribution is 2.13. The fourth-order valence-electron chi connectivity index (χ4n) is 2.33. The lowest BCUT2D eigenvalue weighted by atomic mass is 10.0. The van der Waals surface area contributed by atoms with Crippen LogP contribution in [0.4, 0.5) is 4.39 Å². The molecule has 0 fully saturated rings. The number of nitriles is 1. The second-order valence-electron chi connectivity index (χ2n) is 5.12. The van der Waals surface area contributed by atoms with E-state index in [0.29, 0.717) is 6.54 Å². The lowest BCUT2D eigenvalue weighted by molar-refractivity contribution is 0.622. The number of aryl methyl sites for hydroxylation is 1. The van der Waals surface area contributed by atoms with Gasteiger partial charge in [-0.3, -0.25) is 0 Å². The zero-order valence-electron chi connectivity index (χ0n) is 12.1. The first-order chi connectivity index (χ1) is 10.2. The third-order valence-electron chi connectivity index (χ3n) is 3.58. The van der Waals surface area contributed by atoms with Crippen molar-refractivity contribution in [3.05, 3.63) is 71.0 Å². The highest BCUT2D eigenvalue weighted by Gasteiger charge is 2.09. The number of hydrogen-bond acceptors (Lipinski definition) is 2. The standard InChI is InChI=1S/C18H19FN2/c1-14-11-18(19)8-7-15(14)9-10-21-13-17(12-20)16-5-3-2-4-6-16/h2-8,11,17,21H,9-10,13H2,1H3. The predicted octanol–water partition coefficient (Wildman–Crippen LogP) is 3.57. The maximum absolute atomic E-state index is 13.0. The third-order valence-corrected chi connectivity index (χ3v) is 3.58. The molecule has 0 saturated heterocycles. The van der Waals surface area contributed by atoms with Crippen LogP contribution >= 0.6 is 0 Å². The Bertz CT molecular complexity index is 617. The first-order valence-corrected chi connectivity index (χ1v) is 7.11. The monoisotopic (exact) mass is 282 g/mol. The van der Waals surface area contributed by atoms with Crippen LogP contribution in [0.5, 0.6) is 0 Å². The van der Waals surface area contributed by atoms with Gasteiger partial charge in [0.25, 0.3) is 0 Å². The zero-order chi connectivity index (χ0) is 15.1. The van der Waals surface area contributed by atoms with E-state index >= 15 is 0 Å². The van der Waals surface area contributed by atoms with Gasteiger partial charge in [0.1, 0.15) is 5.82 Å². The molecule has 0 aliphatic heterocycles. The Morgan fingerprint density at radius 2 is 1.95 bits per heavy atom. The summed E-state index contributed by atoms with van der Waals surface area (Å²) in [4.78, 5) is 0. The van der Waals surface area contributed by atoms with Gasteiger partial charge in [0.2, 0.25) is 0 Å². The molecule has 21 heavy (non-hydrogen) atoms. The van der Waals surface area contributed by atoms with Gasteiger partial charge in [-0.05, 0) is 48.7 Å². The molecule has 0 saturated carbocycles. The molecule has 1 N–H and O–H groups in total. The Balaban J connectivity index is 1.83. The molecule has 0 amide bonds. The van der Waals surface area contributed by atoms with Crippen LogP contribution in [-0.4, -0.2) is 13.1 Å². The van der Waals surface area contributed by atoms with E-state index in [0.717, 1.165) is 29.7 Å². The van der Waals surface area contributed by atoms with E-state index in [4.69, 9.17) is 0 Å². The Hall–Kier alpha value is -2.18. The van der Waals surface area contributed by atoms with Crippen molar-refractivity contribution in [1.29, 1.82) is 5.26 Å². The molecule has 0 heterocycles. The maximum Gasteiger partial charge on any atom is 0.123 e.